The number of benzene rings is 1. The van der Waals surface area contributed by atoms with Gasteiger partial charge in [0.05, 0.1) is 5.54 Å². The molecule has 0 aliphatic carbocycles. The molecule has 18 heavy (non-hydrogen) atoms. The molecule has 3 nitrogen and oxygen atoms in total. The maximum Gasteiger partial charge on any atom is 0.237 e. The minimum atomic E-state index is -0.668. The maximum atomic E-state index is 11.6. The highest BCUT2D eigenvalue weighted by Gasteiger charge is 2.33. The minimum absolute atomic E-state index is 0.154. The molecule has 1 aromatic rings. The number of aryl methyl sites for hydroxylation is 2. The first-order chi connectivity index (χ1) is 8.27. The van der Waals surface area contributed by atoms with Crippen LogP contribution in [0.2, 0.25) is 0 Å². The van der Waals surface area contributed by atoms with Crippen LogP contribution in [0.4, 0.5) is 0 Å². The average molecular weight is 248 g/mol. The minimum Gasteiger partial charge on any atom is -0.368 e. The summed E-state index contributed by atoms with van der Waals surface area (Å²) in [6.07, 6.45) is 0. The Hall–Kier alpha value is -1.35. The van der Waals surface area contributed by atoms with Crippen molar-refractivity contribution in [3.05, 3.63) is 34.9 Å². The van der Waals surface area contributed by atoms with E-state index in [1.54, 1.807) is 0 Å². The third kappa shape index (κ3) is 3.10. The van der Waals surface area contributed by atoms with Gasteiger partial charge in [-0.25, -0.2) is 0 Å². The van der Waals surface area contributed by atoms with Crippen LogP contribution in [-0.4, -0.2) is 11.4 Å². The van der Waals surface area contributed by atoms with Crippen LogP contribution >= 0.6 is 0 Å². The van der Waals surface area contributed by atoms with E-state index in [4.69, 9.17) is 5.73 Å². The Balaban J connectivity index is 2.80. The van der Waals surface area contributed by atoms with E-state index < -0.39 is 5.54 Å². The number of primary amides is 1. The van der Waals surface area contributed by atoms with E-state index in [2.05, 4.69) is 37.4 Å². The Kier molecular flexibility index (Phi) is 4.52. The fourth-order valence-electron chi connectivity index (χ4n) is 1.77. The Morgan fingerprint density at radius 3 is 2.39 bits per heavy atom. The predicted molar refractivity (Wildman–Crippen MR) is 75.2 cm³/mol. The van der Waals surface area contributed by atoms with Gasteiger partial charge in [-0.2, -0.15) is 0 Å². The highest BCUT2D eigenvalue weighted by molar-refractivity contribution is 5.84. The van der Waals surface area contributed by atoms with E-state index in [1.165, 1.54) is 16.7 Å². The molecule has 0 saturated heterocycles. The summed E-state index contributed by atoms with van der Waals surface area (Å²) in [5, 5.41) is 3.28. The number of hydrogen-bond acceptors (Lipinski definition) is 2. The first-order valence-electron chi connectivity index (χ1n) is 6.38. The first-order valence-corrected chi connectivity index (χ1v) is 6.38. The fourth-order valence-corrected chi connectivity index (χ4v) is 1.77. The van der Waals surface area contributed by atoms with Gasteiger partial charge in [0.1, 0.15) is 0 Å². The highest BCUT2D eigenvalue weighted by atomic mass is 16.1. The molecule has 1 rings (SSSR count). The van der Waals surface area contributed by atoms with Crippen LogP contribution in [0, 0.1) is 19.8 Å². The van der Waals surface area contributed by atoms with Crippen LogP contribution in [0.5, 0.6) is 0 Å². The molecule has 3 N–H and O–H groups in total. The Bertz CT molecular complexity index is 440. The lowest BCUT2D eigenvalue weighted by Crippen LogP contribution is -2.56. The normalized spacial score (nSPS) is 14.6. The quantitative estimate of drug-likeness (QED) is 0.840. The van der Waals surface area contributed by atoms with E-state index in [-0.39, 0.29) is 11.8 Å². The molecule has 0 radical (unpaired) electrons. The predicted octanol–water partition coefficient (Wildman–Crippen LogP) is 2.29. The van der Waals surface area contributed by atoms with Crippen molar-refractivity contribution in [1.82, 2.24) is 5.32 Å². The molecule has 0 saturated carbocycles. The SMILES string of the molecule is Cc1ccc(CNC(C)(C(N)=O)C(C)C)cc1C. The Labute approximate surface area is 110 Å². The summed E-state index contributed by atoms with van der Waals surface area (Å²) in [6.45, 7) is 10.7. The number of nitrogens with two attached hydrogens (primary N) is 1. The van der Waals surface area contributed by atoms with Crippen molar-refractivity contribution in [2.75, 3.05) is 0 Å². The molecule has 0 aliphatic rings. The van der Waals surface area contributed by atoms with Gasteiger partial charge in [-0.3, -0.25) is 10.1 Å². The Morgan fingerprint density at radius 1 is 1.33 bits per heavy atom. The molecule has 0 fully saturated rings. The van der Waals surface area contributed by atoms with Crippen molar-refractivity contribution >= 4 is 5.91 Å². The van der Waals surface area contributed by atoms with E-state index in [1.807, 2.05) is 20.8 Å². The summed E-state index contributed by atoms with van der Waals surface area (Å²) in [7, 11) is 0. The van der Waals surface area contributed by atoms with E-state index in [0.717, 1.165) is 0 Å². The number of nitrogens with one attached hydrogen (secondary N) is 1. The van der Waals surface area contributed by atoms with E-state index >= 15 is 0 Å². The molecular weight excluding hydrogens is 224 g/mol. The topological polar surface area (TPSA) is 55.1 Å². The zero-order valence-corrected chi connectivity index (χ0v) is 12.0. The van der Waals surface area contributed by atoms with Crippen molar-refractivity contribution in [1.29, 1.82) is 0 Å². The highest BCUT2D eigenvalue weighted by Crippen LogP contribution is 2.17. The molecule has 0 bridgehead atoms. The number of rotatable bonds is 5. The summed E-state index contributed by atoms with van der Waals surface area (Å²) in [5.74, 6) is -0.150. The second-order valence-electron chi connectivity index (χ2n) is 5.49. The number of amides is 1. The Morgan fingerprint density at radius 2 is 1.94 bits per heavy atom. The first kappa shape index (κ1) is 14.7. The van der Waals surface area contributed by atoms with Gasteiger partial charge in [0.2, 0.25) is 5.91 Å². The molecule has 0 heterocycles. The fraction of sp³-hybridized carbons (Fsp3) is 0.533. The number of carbonyl (C=O) groups is 1. The molecular formula is C15H24N2O. The smallest absolute Gasteiger partial charge is 0.237 e. The summed E-state index contributed by atoms with van der Waals surface area (Å²) < 4.78 is 0. The second kappa shape index (κ2) is 5.53. The molecule has 0 aromatic heterocycles. The molecule has 100 valence electrons. The summed E-state index contributed by atoms with van der Waals surface area (Å²) in [6, 6.07) is 6.32. The van der Waals surface area contributed by atoms with Gasteiger partial charge < -0.3 is 5.73 Å². The average Bonchev–Trinajstić information content (AvgIpc) is 2.29. The standard InChI is InChI=1S/C15H24N2O/c1-10(2)15(5,14(16)18)17-9-13-7-6-11(3)12(4)8-13/h6-8,10,17H,9H2,1-5H3,(H2,16,18). The molecule has 0 spiro atoms. The van der Waals surface area contributed by atoms with Crippen molar-refractivity contribution in [3.63, 3.8) is 0 Å². The summed E-state index contributed by atoms with van der Waals surface area (Å²) in [4.78, 5) is 11.6. The van der Waals surface area contributed by atoms with Crippen molar-refractivity contribution in [2.45, 2.75) is 46.7 Å². The number of carbonyl (C=O) groups excluding carboxylic acids is 1. The third-order valence-electron chi connectivity index (χ3n) is 3.90. The molecule has 1 atom stereocenters. The molecule has 1 aromatic carbocycles. The molecule has 3 heteroatoms. The van der Waals surface area contributed by atoms with Crippen LogP contribution in [0.15, 0.2) is 18.2 Å². The van der Waals surface area contributed by atoms with Crippen LogP contribution < -0.4 is 11.1 Å². The van der Waals surface area contributed by atoms with Crippen molar-refractivity contribution < 1.29 is 4.79 Å². The molecule has 1 unspecified atom stereocenters. The zero-order valence-electron chi connectivity index (χ0n) is 12.0. The third-order valence-corrected chi connectivity index (χ3v) is 3.90. The van der Waals surface area contributed by atoms with Gasteiger partial charge in [-0.05, 0) is 43.4 Å². The maximum absolute atomic E-state index is 11.6. The lowest BCUT2D eigenvalue weighted by Gasteiger charge is -2.31. The van der Waals surface area contributed by atoms with Gasteiger partial charge in [-0.1, -0.05) is 32.0 Å². The van der Waals surface area contributed by atoms with Gasteiger partial charge in [0.25, 0.3) is 0 Å². The van der Waals surface area contributed by atoms with Gasteiger partial charge >= 0.3 is 0 Å². The molecule has 0 aliphatic heterocycles. The van der Waals surface area contributed by atoms with Crippen LogP contribution in [-0.2, 0) is 11.3 Å². The summed E-state index contributed by atoms with van der Waals surface area (Å²) in [5.41, 5.74) is 8.53. The largest absolute Gasteiger partial charge is 0.368 e. The molecule has 1 amide bonds. The zero-order chi connectivity index (χ0) is 13.9. The van der Waals surface area contributed by atoms with Crippen molar-refractivity contribution in [3.8, 4) is 0 Å². The van der Waals surface area contributed by atoms with Gasteiger partial charge in [0.15, 0.2) is 0 Å². The van der Waals surface area contributed by atoms with Crippen molar-refractivity contribution in [2.24, 2.45) is 11.7 Å². The summed E-state index contributed by atoms with van der Waals surface area (Å²) >= 11 is 0. The van der Waals surface area contributed by atoms with Crippen LogP contribution in [0.1, 0.15) is 37.5 Å². The van der Waals surface area contributed by atoms with Gasteiger partial charge in [-0.15, -0.1) is 0 Å². The lowest BCUT2D eigenvalue weighted by atomic mass is 9.87. The van der Waals surface area contributed by atoms with E-state index in [9.17, 15) is 4.79 Å². The lowest BCUT2D eigenvalue weighted by molar-refractivity contribution is -0.125. The number of hydrogen-bond donors (Lipinski definition) is 2. The monoisotopic (exact) mass is 248 g/mol. The van der Waals surface area contributed by atoms with E-state index in [0.29, 0.717) is 6.54 Å². The second-order valence-corrected chi connectivity index (χ2v) is 5.49. The van der Waals surface area contributed by atoms with Crippen LogP contribution in [0.3, 0.4) is 0 Å². The van der Waals surface area contributed by atoms with Gasteiger partial charge in [0, 0.05) is 6.54 Å². The van der Waals surface area contributed by atoms with Crippen LogP contribution in [0.25, 0.3) is 0 Å².